The Hall–Kier alpha value is -1.32. The normalized spacial score (nSPS) is 10.9. The third-order valence-corrected chi connectivity index (χ3v) is 2.32. The van der Waals surface area contributed by atoms with Crippen LogP contribution in [0.5, 0.6) is 0 Å². The monoisotopic (exact) mass is 198 g/mol. The molecule has 0 radical (unpaired) electrons. The Kier molecular flexibility index (Phi) is 3.86. The second-order valence-corrected chi connectivity index (χ2v) is 3.45. The van der Waals surface area contributed by atoms with Gasteiger partial charge in [-0.05, 0) is 27.7 Å². The van der Waals surface area contributed by atoms with Crippen molar-refractivity contribution in [2.24, 2.45) is 5.41 Å². The molecule has 0 heterocycles. The highest BCUT2D eigenvalue weighted by Gasteiger charge is 2.46. The Morgan fingerprint density at radius 3 is 1.14 bits per heavy atom. The number of rotatable bonds is 5. The Morgan fingerprint density at radius 1 is 0.786 bits per heavy atom. The van der Waals surface area contributed by atoms with E-state index in [0.29, 0.717) is 0 Å². The fraction of sp³-hybridized carbons (Fsp3) is 0.600. The zero-order valence-corrected chi connectivity index (χ0v) is 8.84. The van der Waals surface area contributed by atoms with Crippen molar-refractivity contribution in [3.63, 3.8) is 0 Å². The maximum Gasteiger partial charge on any atom is 0.151 e. The minimum atomic E-state index is -1.74. The summed E-state index contributed by atoms with van der Waals surface area (Å²) in [5, 5.41) is 0. The summed E-state index contributed by atoms with van der Waals surface area (Å²) in [7, 11) is 0. The maximum absolute atomic E-state index is 11.3. The smallest absolute Gasteiger partial charge is 0.151 e. The summed E-state index contributed by atoms with van der Waals surface area (Å²) in [4.78, 5) is 44.8. The highest BCUT2D eigenvalue weighted by molar-refractivity contribution is 6.24. The van der Waals surface area contributed by atoms with Crippen LogP contribution < -0.4 is 0 Å². The van der Waals surface area contributed by atoms with Crippen molar-refractivity contribution in [3.05, 3.63) is 0 Å². The fourth-order valence-electron chi connectivity index (χ4n) is 1.49. The van der Waals surface area contributed by atoms with Crippen molar-refractivity contribution in [2.45, 2.75) is 34.1 Å². The van der Waals surface area contributed by atoms with Crippen molar-refractivity contribution in [1.29, 1.82) is 0 Å². The molecule has 0 fully saturated rings. The molecule has 0 rings (SSSR count). The van der Waals surface area contributed by atoms with E-state index in [9.17, 15) is 19.2 Å². The molecule has 4 nitrogen and oxygen atoms in total. The molecule has 0 bridgehead atoms. The van der Waals surface area contributed by atoms with E-state index < -0.39 is 22.8 Å². The van der Waals surface area contributed by atoms with Gasteiger partial charge in [-0.25, -0.2) is 0 Å². The second-order valence-electron chi connectivity index (χ2n) is 3.45. The zero-order chi connectivity index (χ0) is 11.5. The molecule has 0 atom stereocenters. The van der Waals surface area contributed by atoms with Crippen molar-refractivity contribution < 1.29 is 19.2 Å². The van der Waals surface area contributed by atoms with E-state index in [1.54, 1.807) is 0 Å². The van der Waals surface area contributed by atoms with E-state index in [-0.39, 0.29) is 12.2 Å². The molecule has 0 aromatic rings. The molecule has 0 spiro atoms. The average molecular weight is 198 g/mol. The number of carbonyl (C=O) groups excluding carboxylic acids is 4. The van der Waals surface area contributed by atoms with Gasteiger partial charge in [0.2, 0.25) is 0 Å². The van der Waals surface area contributed by atoms with Gasteiger partial charge >= 0.3 is 0 Å². The Bertz CT molecular complexity index is 265. The average Bonchev–Trinajstić information content (AvgIpc) is 1.97. The van der Waals surface area contributed by atoms with Crippen LogP contribution in [0.3, 0.4) is 0 Å². The van der Waals surface area contributed by atoms with Crippen LogP contribution in [0, 0.1) is 5.41 Å². The molecule has 0 aliphatic heterocycles. The standard InChI is InChI=1S/C10H14O4/c1-6(11)5-10(7(2)12,8(3)13)9(4)14/h5H2,1-4H3. The predicted octanol–water partition coefficient (Wildman–Crippen LogP) is 0.719. The molecule has 4 heteroatoms. The first kappa shape index (κ1) is 12.7. The summed E-state index contributed by atoms with van der Waals surface area (Å²) in [6.45, 7) is 4.73. The molecule has 0 aliphatic rings. The van der Waals surface area contributed by atoms with Gasteiger partial charge in [0, 0.05) is 6.42 Å². The Morgan fingerprint density at radius 2 is 1.07 bits per heavy atom. The number of carbonyl (C=O) groups is 4. The van der Waals surface area contributed by atoms with Crippen LogP contribution in [0.1, 0.15) is 34.1 Å². The van der Waals surface area contributed by atoms with E-state index >= 15 is 0 Å². The highest BCUT2D eigenvalue weighted by Crippen LogP contribution is 2.26. The van der Waals surface area contributed by atoms with Crippen LogP contribution in [0.25, 0.3) is 0 Å². The molecule has 0 unspecified atom stereocenters. The molecule has 0 saturated heterocycles. The molecule has 78 valence electrons. The minimum absolute atomic E-state index is 0.326. The fourth-order valence-corrected chi connectivity index (χ4v) is 1.49. The van der Waals surface area contributed by atoms with E-state index in [1.807, 2.05) is 0 Å². The Labute approximate surface area is 82.7 Å². The lowest BCUT2D eigenvalue weighted by molar-refractivity contribution is -0.149. The van der Waals surface area contributed by atoms with Gasteiger partial charge in [-0.3, -0.25) is 19.2 Å². The summed E-state index contributed by atoms with van der Waals surface area (Å²) in [5.74, 6) is -2.03. The van der Waals surface area contributed by atoms with Gasteiger partial charge in [-0.2, -0.15) is 0 Å². The van der Waals surface area contributed by atoms with Gasteiger partial charge in [0.05, 0.1) is 0 Å². The number of Topliss-reactive ketones (excluding diaryl/α,β-unsaturated/α-hetero) is 4. The van der Waals surface area contributed by atoms with Gasteiger partial charge in [0.1, 0.15) is 5.78 Å². The minimum Gasteiger partial charge on any atom is -0.300 e. The van der Waals surface area contributed by atoms with Crippen molar-refractivity contribution >= 4 is 23.1 Å². The third-order valence-electron chi connectivity index (χ3n) is 2.32. The van der Waals surface area contributed by atoms with Crippen LogP contribution in [-0.2, 0) is 19.2 Å². The number of hydrogen-bond donors (Lipinski definition) is 0. The molecule has 0 N–H and O–H groups in total. The first-order valence-corrected chi connectivity index (χ1v) is 4.27. The molecule has 0 aromatic heterocycles. The van der Waals surface area contributed by atoms with Crippen LogP contribution in [-0.4, -0.2) is 23.1 Å². The van der Waals surface area contributed by atoms with E-state index in [2.05, 4.69) is 0 Å². The van der Waals surface area contributed by atoms with E-state index in [0.717, 1.165) is 20.8 Å². The van der Waals surface area contributed by atoms with Gasteiger partial charge in [-0.1, -0.05) is 0 Å². The van der Waals surface area contributed by atoms with Gasteiger partial charge in [-0.15, -0.1) is 0 Å². The lowest BCUT2D eigenvalue weighted by atomic mass is 9.73. The van der Waals surface area contributed by atoms with Gasteiger partial charge in [0.15, 0.2) is 22.8 Å². The number of hydrogen-bond acceptors (Lipinski definition) is 4. The molecule has 0 aromatic carbocycles. The molecule has 0 aliphatic carbocycles. The van der Waals surface area contributed by atoms with Crippen LogP contribution in [0.4, 0.5) is 0 Å². The largest absolute Gasteiger partial charge is 0.300 e. The zero-order valence-electron chi connectivity index (χ0n) is 8.84. The number of ketones is 4. The first-order chi connectivity index (χ1) is 6.25. The predicted molar refractivity (Wildman–Crippen MR) is 49.8 cm³/mol. The molecular formula is C10H14O4. The lowest BCUT2D eigenvalue weighted by Crippen LogP contribution is -2.44. The quantitative estimate of drug-likeness (QED) is 0.610. The maximum atomic E-state index is 11.3. The van der Waals surface area contributed by atoms with E-state index in [4.69, 9.17) is 0 Å². The summed E-state index contributed by atoms with van der Waals surface area (Å²) >= 11 is 0. The van der Waals surface area contributed by atoms with Gasteiger partial charge in [0.25, 0.3) is 0 Å². The summed E-state index contributed by atoms with van der Waals surface area (Å²) in [6.07, 6.45) is -0.326. The molecule has 0 saturated carbocycles. The van der Waals surface area contributed by atoms with Crippen molar-refractivity contribution in [2.75, 3.05) is 0 Å². The van der Waals surface area contributed by atoms with Crippen LogP contribution >= 0.6 is 0 Å². The summed E-state index contributed by atoms with van der Waals surface area (Å²) in [5.41, 5.74) is -1.74. The molecule has 0 amide bonds. The van der Waals surface area contributed by atoms with Crippen LogP contribution in [0.2, 0.25) is 0 Å². The Balaban J connectivity index is 5.38. The van der Waals surface area contributed by atoms with Crippen LogP contribution in [0.15, 0.2) is 0 Å². The molecule has 14 heavy (non-hydrogen) atoms. The summed E-state index contributed by atoms with van der Waals surface area (Å²) < 4.78 is 0. The van der Waals surface area contributed by atoms with E-state index in [1.165, 1.54) is 6.92 Å². The second kappa shape index (κ2) is 4.26. The van der Waals surface area contributed by atoms with Crippen molar-refractivity contribution in [3.8, 4) is 0 Å². The van der Waals surface area contributed by atoms with Gasteiger partial charge < -0.3 is 0 Å². The lowest BCUT2D eigenvalue weighted by Gasteiger charge is -2.23. The SMILES string of the molecule is CC(=O)CC(C(C)=O)(C(C)=O)C(C)=O. The topological polar surface area (TPSA) is 68.3 Å². The highest BCUT2D eigenvalue weighted by atomic mass is 16.2. The summed E-state index contributed by atoms with van der Waals surface area (Å²) in [6, 6.07) is 0. The van der Waals surface area contributed by atoms with Crippen molar-refractivity contribution in [1.82, 2.24) is 0 Å². The molecular weight excluding hydrogens is 184 g/mol. The first-order valence-electron chi connectivity index (χ1n) is 4.27. The third kappa shape index (κ3) is 2.13.